The van der Waals surface area contributed by atoms with Crippen LogP contribution < -0.4 is 19.7 Å². The number of hydrogen-bond acceptors (Lipinski definition) is 6. The number of barbiturate groups is 1. The third-order valence-corrected chi connectivity index (χ3v) is 6.38. The molecule has 1 aliphatic rings. The number of amides is 4. The van der Waals surface area contributed by atoms with E-state index in [0.717, 1.165) is 21.2 Å². The summed E-state index contributed by atoms with van der Waals surface area (Å²) in [6.07, 6.45) is 1.33. The van der Waals surface area contributed by atoms with Crippen LogP contribution in [-0.2, 0) is 16.2 Å². The fraction of sp³-hybridized carbons (Fsp3) is 0.100. The Labute approximate surface area is 229 Å². The summed E-state index contributed by atoms with van der Waals surface area (Å²) in [5, 5.41) is 14.1. The van der Waals surface area contributed by atoms with E-state index < -0.39 is 17.8 Å². The molecular weight excluding hydrogens is 520 g/mol. The van der Waals surface area contributed by atoms with Crippen molar-refractivity contribution < 1.29 is 29.0 Å². The monoisotopic (exact) mass is 542 g/mol. The van der Waals surface area contributed by atoms with Crippen molar-refractivity contribution in [2.75, 3.05) is 11.5 Å². The number of aromatic hydroxyl groups is 1. The van der Waals surface area contributed by atoms with Crippen LogP contribution in [0.4, 0.5) is 10.5 Å². The second kappa shape index (κ2) is 10.9. The van der Waals surface area contributed by atoms with Gasteiger partial charge in [0.05, 0.1) is 17.3 Å². The van der Waals surface area contributed by atoms with Gasteiger partial charge >= 0.3 is 6.03 Å². The van der Waals surface area contributed by atoms with E-state index in [0.29, 0.717) is 23.7 Å². The highest BCUT2D eigenvalue weighted by atomic mass is 35.5. The lowest BCUT2D eigenvalue weighted by Gasteiger charge is -2.26. The van der Waals surface area contributed by atoms with Crippen molar-refractivity contribution in [3.8, 4) is 17.2 Å². The van der Waals surface area contributed by atoms with Gasteiger partial charge in [-0.15, -0.1) is 0 Å². The Morgan fingerprint density at radius 1 is 0.949 bits per heavy atom. The van der Waals surface area contributed by atoms with Gasteiger partial charge in [-0.2, -0.15) is 0 Å². The zero-order valence-electron chi connectivity index (χ0n) is 20.8. The molecule has 0 saturated carbocycles. The number of urea groups is 1. The maximum absolute atomic E-state index is 13.2. The molecule has 4 amide bonds. The summed E-state index contributed by atoms with van der Waals surface area (Å²) < 4.78 is 11.9. The zero-order chi connectivity index (χ0) is 27.5. The lowest BCUT2D eigenvalue weighted by molar-refractivity contribution is -0.122. The number of phenols is 1. The Morgan fingerprint density at radius 2 is 1.69 bits per heavy atom. The van der Waals surface area contributed by atoms with E-state index in [4.69, 9.17) is 21.1 Å². The molecule has 0 aliphatic carbocycles. The highest BCUT2D eigenvalue weighted by Crippen LogP contribution is 2.38. The van der Waals surface area contributed by atoms with Crippen molar-refractivity contribution in [1.82, 2.24) is 5.32 Å². The van der Waals surface area contributed by atoms with E-state index in [9.17, 15) is 19.5 Å². The summed E-state index contributed by atoms with van der Waals surface area (Å²) in [7, 11) is 0. The number of halogens is 1. The number of rotatable bonds is 7. The van der Waals surface area contributed by atoms with Crippen LogP contribution in [0.2, 0.25) is 5.02 Å². The molecule has 9 heteroatoms. The summed E-state index contributed by atoms with van der Waals surface area (Å²) in [4.78, 5) is 39.0. The van der Waals surface area contributed by atoms with Gasteiger partial charge in [0.15, 0.2) is 11.5 Å². The number of hydrogen-bond donors (Lipinski definition) is 2. The first-order valence-electron chi connectivity index (χ1n) is 12.1. The van der Waals surface area contributed by atoms with Crippen LogP contribution >= 0.6 is 11.6 Å². The minimum Gasteiger partial charge on any atom is -0.508 e. The van der Waals surface area contributed by atoms with Crippen LogP contribution in [0.3, 0.4) is 0 Å². The summed E-state index contributed by atoms with van der Waals surface area (Å²) >= 11 is 6.60. The van der Waals surface area contributed by atoms with E-state index in [-0.39, 0.29) is 28.6 Å². The van der Waals surface area contributed by atoms with Crippen molar-refractivity contribution in [1.29, 1.82) is 0 Å². The molecule has 0 aromatic heterocycles. The lowest BCUT2D eigenvalue weighted by Crippen LogP contribution is -2.54. The topological polar surface area (TPSA) is 105 Å². The summed E-state index contributed by atoms with van der Waals surface area (Å²) in [6, 6.07) is 21.7. The van der Waals surface area contributed by atoms with Crippen molar-refractivity contribution in [2.45, 2.75) is 13.5 Å². The molecule has 0 radical (unpaired) electrons. The number of nitrogens with one attached hydrogen (secondary N) is 1. The first-order valence-corrected chi connectivity index (χ1v) is 12.5. The summed E-state index contributed by atoms with van der Waals surface area (Å²) in [6.45, 7) is 2.38. The molecule has 196 valence electrons. The lowest BCUT2D eigenvalue weighted by atomic mass is 10.1. The Bertz CT molecular complexity index is 1630. The smallest absolute Gasteiger partial charge is 0.335 e. The molecule has 5 rings (SSSR count). The van der Waals surface area contributed by atoms with Gasteiger partial charge in [0.25, 0.3) is 11.8 Å². The fourth-order valence-corrected chi connectivity index (χ4v) is 4.58. The van der Waals surface area contributed by atoms with Gasteiger partial charge in [-0.1, -0.05) is 54.1 Å². The molecule has 1 saturated heterocycles. The van der Waals surface area contributed by atoms with Crippen LogP contribution in [0.25, 0.3) is 16.8 Å². The highest BCUT2D eigenvalue weighted by Gasteiger charge is 2.37. The average molecular weight is 543 g/mol. The SMILES string of the molecule is CCOc1cc(/C=C2\C(=O)NC(=O)N(c3ccc(O)cc3)C2=O)cc(Cl)c1OCc1cccc2ccccc12. The van der Waals surface area contributed by atoms with Gasteiger partial charge in [-0.3, -0.25) is 14.9 Å². The minimum atomic E-state index is -0.891. The van der Waals surface area contributed by atoms with Crippen LogP contribution in [0, 0.1) is 0 Å². The second-order valence-corrected chi connectivity index (χ2v) is 9.07. The van der Waals surface area contributed by atoms with E-state index >= 15 is 0 Å². The fourth-order valence-electron chi connectivity index (χ4n) is 4.30. The van der Waals surface area contributed by atoms with E-state index in [1.807, 2.05) is 49.4 Å². The minimum absolute atomic E-state index is 0.0312. The number of imide groups is 2. The molecule has 1 aliphatic heterocycles. The molecular formula is C30H23ClN2O6. The quantitative estimate of drug-likeness (QED) is 0.224. The molecule has 4 aromatic carbocycles. The van der Waals surface area contributed by atoms with Crippen molar-refractivity contribution >= 4 is 52.0 Å². The average Bonchev–Trinajstić information content (AvgIpc) is 2.92. The van der Waals surface area contributed by atoms with Crippen molar-refractivity contribution in [3.05, 3.63) is 101 Å². The maximum Gasteiger partial charge on any atom is 0.335 e. The molecule has 0 spiro atoms. The molecule has 8 nitrogen and oxygen atoms in total. The third-order valence-electron chi connectivity index (χ3n) is 6.10. The number of benzene rings is 4. The summed E-state index contributed by atoms with van der Waals surface area (Å²) in [5.74, 6) is -1.03. The first kappa shape index (κ1) is 25.8. The van der Waals surface area contributed by atoms with E-state index in [2.05, 4.69) is 5.32 Å². The Balaban J connectivity index is 1.46. The number of phenolic OH excluding ortho intramolecular Hbond substituents is 1. The number of carbonyl (C=O) groups excluding carboxylic acids is 3. The van der Waals surface area contributed by atoms with Gasteiger partial charge < -0.3 is 14.6 Å². The molecule has 0 bridgehead atoms. The maximum atomic E-state index is 13.2. The summed E-state index contributed by atoms with van der Waals surface area (Å²) in [5.41, 5.74) is 1.30. The molecule has 4 aromatic rings. The van der Waals surface area contributed by atoms with Crippen LogP contribution in [-0.4, -0.2) is 29.6 Å². The second-order valence-electron chi connectivity index (χ2n) is 8.66. The van der Waals surface area contributed by atoms with E-state index in [1.165, 1.54) is 30.3 Å². The number of carbonyl (C=O) groups is 3. The Kier molecular flexibility index (Phi) is 7.21. The van der Waals surface area contributed by atoms with Gasteiger partial charge in [-0.25, -0.2) is 9.69 Å². The predicted octanol–water partition coefficient (Wildman–Crippen LogP) is 5.84. The van der Waals surface area contributed by atoms with Crippen LogP contribution in [0.5, 0.6) is 17.2 Å². The van der Waals surface area contributed by atoms with Crippen LogP contribution in [0.15, 0.2) is 84.4 Å². The molecule has 0 atom stereocenters. The van der Waals surface area contributed by atoms with Gasteiger partial charge in [0.2, 0.25) is 0 Å². The number of fused-ring (bicyclic) bond motifs is 1. The number of anilines is 1. The Morgan fingerprint density at radius 3 is 2.46 bits per heavy atom. The Hall–Kier alpha value is -4.82. The normalized spacial score (nSPS) is 14.6. The van der Waals surface area contributed by atoms with Gasteiger partial charge in [0.1, 0.15) is 17.9 Å². The van der Waals surface area contributed by atoms with Gasteiger partial charge in [-0.05, 0) is 71.3 Å². The molecule has 0 unspecified atom stereocenters. The van der Waals surface area contributed by atoms with Crippen LogP contribution in [0.1, 0.15) is 18.1 Å². The highest BCUT2D eigenvalue weighted by molar-refractivity contribution is 6.39. The third kappa shape index (κ3) is 5.28. The van der Waals surface area contributed by atoms with Crippen molar-refractivity contribution in [2.24, 2.45) is 0 Å². The standard InChI is InChI=1S/C30H23ClN2O6/c1-2-38-26-16-18(14-24-28(35)32-30(37)33(29(24)36)21-10-12-22(34)13-11-21)15-25(31)27(26)39-17-20-8-5-7-19-6-3-4-9-23(19)20/h3-16,34H,2,17H2,1H3,(H,32,35,37)/b24-14+. The molecule has 1 fully saturated rings. The van der Waals surface area contributed by atoms with Gasteiger partial charge in [0, 0.05) is 0 Å². The van der Waals surface area contributed by atoms with E-state index in [1.54, 1.807) is 12.1 Å². The number of ether oxygens (including phenoxy) is 2. The van der Waals surface area contributed by atoms with Crippen molar-refractivity contribution in [3.63, 3.8) is 0 Å². The zero-order valence-corrected chi connectivity index (χ0v) is 21.6. The first-order chi connectivity index (χ1) is 18.9. The number of nitrogens with zero attached hydrogens (tertiary/aromatic N) is 1. The molecule has 1 heterocycles. The molecule has 2 N–H and O–H groups in total. The molecule has 39 heavy (non-hydrogen) atoms. The largest absolute Gasteiger partial charge is 0.508 e. The predicted molar refractivity (Wildman–Crippen MR) is 148 cm³/mol.